The maximum absolute atomic E-state index is 12.0. The van der Waals surface area contributed by atoms with Crippen LogP contribution in [0, 0.1) is 5.92 Å². The molecule has 1 atom stereocenters. The van der Waals surface area contributed by atoms with Gasteiger partial charge >= 0.3 is 0 Å². The summed E-state index contributed by atoms with van der Waals surface area (Å²) < 4.78 is 7.25. The first kappa shape index (κ1) is 13.6. The van der Waals surface area contributed by atoms with Gasteiger partial charge in [0.1, 0.15) is 12.4 Å². The number of ether oxygens (including phenoxy) is 1. The van der Waals surface area contributed by atoms with Gasteiger partial charge in [0.2, 0.25) is 5.91 Å². The number of nitrogens with zero attached hydrogens (tertiary/aromatic N) is 3. The molecule has 2 aliphatic rings. The molecule has 1 aliphatic heterocycles. The van der Waals surface area contributed by atoms with Gasteiger partial charge in [0, 0.05) is 45.1 Å². The van der Waals surface area contributed by atoms with Crippen LogP contribution in [-0.4, -0.2) is 47.2 Å². The van der Waals surface area contributed by atoms with E-state index in [1.54, 1.807) is 7.11 Å². The van der Waals surface area contributed by atoms with Crippen molar-refractivity contribution in [1.82, 2.24) is 14.5 Å². The average molecular weight is 277 g/mol. The minimum Gasteiger partial charge on any atom is -0.375 e. The number of piperidine rings is 1. The van der Waals surface area contributed by atoms with E-state index in [1.807, 2.05) is 11.1 Å². The Morgan fingerprint density at radius 3 is 3.05 bits per heavy atom. The summed E-state index contributed by atoms with van der Waals surface area (Å²) in [5.74, 6) is 2.47. The zero-order valence-corrected chi connectivity index (χ0v) is 12.1. The van der Waals surface area contributed by atoms with E-state index >= 15 is 0 Å². The smallest absolute Gasteiger partial charge is 0.248 e. The lowest BCUT2D eigenvalue weighted by Crippen LogP contribution is -2.41. The first-order chi connectivity index (χ1) is 9.78. The summed E-state index contributed by atoms with van der Waals surface area (Å²) >= 11 is 0. The first-order valence-electron chi connectivity index (χ1n) is 7.55. The highest BCUT2D eigenvalue weighted by Crippen LogP contribution is 2.33. The third kappa shape index (κ3) is 3.03. The molecule has 0 N–H and O–H groups in total. The fraction of sp³-hybridized carbons (Fsp3) is 0.733. The zero-order valence-electron chi connectivity index (χ0n) is 12.1. The second-order valence-corrected chi connectivity index (χ2v) is 5.99. The van der Waals surface area contributed by atoms with Crippen molar-refractivity contribution in [3.8, 4) is 0 Å². The number of amides is 1. The molecule has 3 rings (SSSR count). The molecule has 0 bridgehead atoms. The van der Waals surface area contributed by atoms with Gasteiger partial charge in [-0.2, -0.15) is 0 Å². The molecule has 0 aromatic carbocycles. The van der Waals surface area contributed by atoms with E-state index < -0.39 is 0 Å². The predicted molar refractivity (Wildman–Crippen MR) is 75.4 cm³/mol. The summed E-state index contributed by atoms with van der Waals surface area (Å²) in [6, 6.07) is 0. The minimum atomic E-state index is 0.0949. The lowest BCUT2D eigenvalue weighted by atomic mass is 9.97. The fourth-order valence-electron chi connectivity index (χ4n) is 3.04. The van der Waals surface area contributed by atoms with Crippen LogP contribution in [0.25, 0.3) is 0 Å². The molecule has 1 amide bonds. The predicted octanol–water partition coefficient (Wildman–Crippen LogP) is 1.65. The van der Waals surface area contributed by atoms with Crippen LogP contribution in [0.15, 0.2) is 12.4 Å². The quantitative estimate of drug-likeness (QED) is 0.822. The van der Waals surface area contributed by atoms with Crippen LogP contribution in [0.4, 0.5) is 0 Å². The summed E-state index contributed by atoms with van der Waals surface area (Å²) in [5, 5.41) is 0. The normalized spacial score (nSPS) is 23.1. The number of aromatic nitrogens is 2. The van der Waals surface area contributed by atoms with E-state index in [2.05, 4.69) is 15.7 Å². The maximum Gasteiger partial charge on any atom is 0.248 e. The van der Waals surface area contributed by atoms with Crippen LogP contribution in [0.3, 0.4) is 0 Å². The molecule has 1 saturated heterocycles. The number of hydrogen-bond acceptors (Lipinski definition) is 3. The van der Waals surface area contributed by atoms with Crippen molar-refractivity contribution in [2.45, 2.75) is 38.1 Å². The van der Waals surface area contributed by atoms with Crippen LogP contribution < -0.4 is 0 Å². The van der Waals surface area contributed by atoms with E-state index in [0.29, 0.717) is 5.92 Å². The molecule has 20 heavy (non-hydrogen) atoms. The molecule has 110 valence electrons. The molecule has 5 heteroatoms. The lowest BCUT2D eigenvalue weighted by molar-refractivity contribution is -0.136. The topological polar surface area (TPSA) is 47.4 Å². The molecule has 2 fully saturated rings. The number of rotatable bonds is 5. The highest BCUT2D eigenvalue weighted by Gasteiger charge is 2.29. The van der Waals surface area contributed by atoms with Gasteiger partial charge in [0.25, 0.3) is 0 Å². The molecule has 1 unspecified atom stereocenters. The Morgan fingerprint density at radius 1 is 1.45 bits per heavy atom. The van der Waals surface area contributed by atoms with Crippen molar-refractivity contribution < 1.29 is 9.53 Å². The SMILES string of the molecule is COCC(=O)N1CCCC(c2nccn2CC2CC2)C1. The average Bonchev–Trinajstić information content (AvgIpc) is 3.15. The molecular weight excluding hydrogens is 254 g/mol. The molecule has 1 aromatic heterocycles. The number of likely N-dealkylation sites (tertiary alicyclic amines) is 1. The van der Waals surface area contributed by atoms with Gasteiger partial charge in [-0.05, 0) is 31.6 Å². The number of methoxy groups -OCH3 is 1. The summed E-state index contributed by atoms with van der Waals surface area (Å²) in [5.41, 5.74) is 0. The Morgan fingerprint density at radius 2 is 2.30 bits per heavy atom. The van der Waals surface area contributed by atoms with Crippen molar-refractivity contribution in [3.05, 3.63) is 18.2 Å². The number of hydrogen-bond donors (Lipinski definition) is 0. The second-order valence-electron chi connectivity index (χ2n) is 5.99. The van der Waals surface area contributed by atoms with Gasteiger partial charge < -0.3 is 14.2 Å². The van der Waals surface area contributed by atoms with E-state index in [1.165, 1.54) is 12.8 Å². The van der Waals surface area contributed by atoms with Crippen LogP contribution >= 0.6 is 0 Å². The van der Waals surface area contributed by atoms with Crippen LogP contribution in [0.1, 0.15) is 37.4 Å². The Kier molecular flexibility index (Phi) is 4.05. The molecular formula is C15H23N3O2. The standard InChI is InChI=1S/C15H23N3O2/c1-20-11-14(19)17-7-2-3-13(10-17)15-16-6-8-18(15)9-12-4-5-12/h6,8,12-13H,2-5,7,9-11H2,1H3. The lowest BCUT2D eigenvalue weighted by Gasteiger charge is -2.32. The van der Waals surface area contributed by atoms with Crippen molar-refractivity contribution in [1.29, 1.82) is 0 Å². The van der Waals surface area contributed by atoms with Gasteiger partial charge in [-0.15, -0.1) is 0 Å². The van der Waals surface area contributed by atoms with Gasteiger partial charge in [-0.1, -0.05) is 0 Å². The van der Waals surface area contributed by atoms with E-state index in [-0.39, 0.29) is 12.5 Å². The van der Waals surface area contributed by atoms with Gasteiger partial charge in [-0.25, -0.2) is 4.98 Å². The largest absolute Gasteiger partial charge is 0.375 e. The second kappa shape index (κ2) is 5.95. The van der Waals surface area contributed by atoms with Crippen molar-refractivity contribution in [2.24, 2.45) is 5.92 Å². The zero-order chi connectivity index (χ0) is 13.9. The molecule has 1 saturated carbocycles. The van der Waals surface area contributed by atoms with Crippen LogP contribution in [0.2, 0.25) is 0 Å². The third-order valence-corrected chi connectivity index (χ3v) is 4.31. The first-order valence-corrected chi connectivity index (χ1v) is 7.55. The van der Waals surface area contributed by atoms with Gasteiger partial charge in [0.05, 0.1) is 0 Å². The van der Waals surface area contributed by atoms with E-state index in [4.69, 9.17) is 4.74 Å². The highest BCUT2D eigenvalue weighted by atomic mass is 16.5. The molecule has 0 radical (unpaired) electrons. The van der Waals surface area contributed by atoms with Crippen molar-refractivity contribution in [3.63, 3.8) is 0 Å². The summed E-state index contributed by atoms with van der Waals surface area (Å²) in [6.07, 6.45) is 8.85. The Labute approximate surface area is 119 Å². The molecule has 1 aliphatic carbocycles. The Hall–Kier alpha value is -1.36. The summed E-state index contributed by atoms with van der Waals surface area (Å²) in [4.78, 5) is 18.4. The Bertz CT molecular complexity index is 467. The van der Waals surface area contributed by atoms with Crippen LogP contribution in [0.5, 0.6) is 0 Å². The monoisotopic (exact) mass is 277 g/mol. The van der Waals surface area contributed by atoms with Crippen molar-refractivity contribution in [2.75, 3.05) is 26.8 Å². The summed E-state index contributed by atoms with van der Waals surface area (Å²) in [7, 11) is 1.57. The van der Waals surface area contributed by atoms with Gasteiger partial charge in [-0.3, -0.25) is 4.79 Å². The molecule has 5 nitrogen and oxygen atoms in total. The molecule has 2 heterocycles. The van der Waals surface area contributed by atoms with E-state index in [9.17, 15) is 4.79 Å². The number of imidazole rings is 1. The van der Waals surface area contributed by atoms with Crippen LogP contribution in [-0.2, 0) is 16.1 Å². The summed E-state index contributed by atoms with van der Waals surface area (Å²) in [6.45, 7) is 2.91. The number of carbonyl (C=O) groups is 1. The minimum absolute atomic E-state index is 0.0949. The Balaban J connectivity index is 1.66. The molecule has 1 aromatic rings. The highest BCUT2D eigenvalue weighted by molar-refractivity contribution is 5.77. The van der Waals surface area contributed by atoms with Crippen molar-refractivity contribution >= 4 is 5.91 Å². The van der Waals surface area contributed by atoms with Gasteiger partial charge in [0.15, 0.2) is 0 Å². The third-order valence-electron chi connectivity index (χ3n) is 4.31. The molecule has 0 spiro atoms. The maximum atomic E-state index is 12.0. The number of carbonyl (C=O) groups excluding carboxylic acids is 1. The van der Waals surface area contributed by atoms with E-state index in [0.717, 1.165) is 44.2 Å². The fourth-order valence-corrected chi connectivity index (χ4v) is 3.04.